The first kappa shape index (κ1) is 15.9. The summed E-state index contributed by atoms with van der Waals surface area (Å²) in [6, 6.07) is 7.03. The van der Waals surface area contributed by atoms with Crippen LogP contribution in [-0.2, 0) is 4.84 Å². The molecule has 1 aromatic carbocycles. The molecule has 0 bridgehead atoms. The minimum absolute atomic E-state index is 0.0909. The van der Waals surface area contributed by atoms with Crippen LogP contribution in [-0.4, -0.2) is 67.8 Å². The van der Waals surface area contributed by atoms with Crippen LogP contribution in [0.15, 0.2) is 36.7 Å². The van der Waals surface area contributed by atoms with E-state index in [4.69, 9.17) is 9.94 Å². The molecule has 2 heterocycles. The standard InChI is InChI=1S/C15H17N5O4/c1-11-10-18(8-9-19(24-11)15(22)23)14(21)12-4-2-3-5-13(12)20-16-6-7-17-20/h2-7,11H,8-10H2,1H3,(H,22,23)/t11-/m0/s1. The molecule has 24 heavy (non-hydrogen) atoms. The highest BCUT2D eigenvalue weighted by molar-refractivity contribution is 5.97. The number of carboxylic acid groups (broad SMARTS) is 1. The van der Waals surface area contributed by atoms with E-state index < -0.39 is 12.2 Å². The van der Waals surface area contributed by atoms with E-state index in [1.807, 2.05) is 0 Å². The van der Waals surface area contributed by atoms with Crippen molar-refractivity contribution in [2.24, 2.45) is 0 Å². The van der Waals surface area contributed by atoms with Crippen molar-refractivity contribution in [2.75, 3.05) is 19.6 Å². The van der Waals surface area contributed by atoms with Crippen molar-refractivity contribution in [1.82, 2.24) is 25.0 Å². The second-order valence-corrected chi connectivity index (χ2v) is 5.39. The van der Waals surface area contributed by atoms with E-state index in [1.165, 1.54) is 17.2 Å². The molecule has 1 aliphatic rings. The van der Waals surface area contributed by atoms with Gasteiger partial charge in [-0.2, -0.15) is 20.1 Å². The number of amides is 2. The van der Waals surface area contributed by atoms with E-state index >= 15 is 0 Å². The average molecular weight is 331 g/mol. The van der Waals surface area contributed by atoms with Gasteiger partial charge >= 0.3 is 6.09 Å². The van der Waals surface area contributed by atoms with Crippen molar-refractivity contribution in [3.63, 3.8) is 0 Å². The number of rotatable bonds is 2. The zero-order valence-electron chi connectivity index (χ0n) is 13.1. The maximum atomic E-state index is 12.9. The third-order valence-electron chi connectivity index (χ3n) is 3.63. The fourth-order valence-corrected chi connectivity index (χ4v) is 2.58. The van der Waals surface area contributed by atoms with Crippen molar-refractivity contribution in [2.45, 2.75) is 13.0 Å². The number of benzene rings is 1. The minimum atomic E-state index is -1.17. The Kier molecular flexibility index (Phi) is 4.43. The molecule has 1 aromatic heterocycles. The summed E-state index contributed by atoms with van der Waals surface area (Å²) in [5.74, 6) is -0.217. The molecule has 1 atom stereocenters. The summed E-state index contributed by atoms with van der Waals surface area (Å²) in [7, 11) is 0. The number of carbonyl (C=O) groups is 2. The highest BCUT2D eigenvalue weighted by Crippen LogP contribution is 2.17. The van der Waals surface area contributed by atoms with Crippen LogP contribution in [0.5, 0.6) is 0 Å². The minimum Gasteiger partial charge on any atom is -0.463 e. The molecule has 1 N–H and O–H groups in total. The molecule has 9 heteroatoms. The van der Waals surface area contributed by atoms with Gasteiger partial charge in [-0.3, -0.25) is 9.63 Å². The maximum absolute atomic E-state index is 12.9. The first-order valence-electron chi connectivity index (χ1n) is 7.48. The Balaban J connectivity index is 1.86. The molecular formula is C15H17N5O4. The van der Waals surface area contributed by atoms with Crippen LogP contribution in [0, 0.1) is 0 Å². The predicted molar refractivity (Wildman–Crippen MR) is 82.5 cm³/mol. The topological polar surface area (TPSA) is 101 Å². The molecule has 9 nitrogen and oxygen atoms in total. The number of nitrogens with zero attached hydrogens (tertiary/aromatic N) is 5. The van der Waals surface area contributed by atoms with Crippen molar-refractivity contribution >= 4 is 12.0 Å². The van der Waals surface area contributed by atoms with Crippen LogP contribution in [0.4, 0.5) is 4.79 Å². The van der Waals surface area contributed by atoms with Gasteiger partial charge in [-0.25, -0.2) is 4.79 Å². The van der Waals surface area contributed by atoms with E-state index in [-0.39, 0.29) is 19.0 Å². The van der Waals surface area contributed by atoms with Gasteiger partial charge in [0.15, 0.2) is 0 Å². The Morgan fingerprint density at radius 1 is 1.21 bits per heavy atom. The third-order valence-corrected chi connectivity index (χ3v) is 3.63. The van der Waals surface area contributed by atoms with Crippen LogP contribution < -0.4 is 0 Å². The first-order valence-corrected chi connectivity index (χ1v) is 7.48. The summed E-state index contributed by atoms with van der Waals surface area (Å²) in [6.07, 6.45) is 1.47. The fourth-order valence-electron chi connectivity index (χ4n) is 2.58. The summed E-state index contributed by atoms with van der Waals surface area (Å²) in [4.78, 5) is 32.3. The second kappa shape index (κ2) is 6.67. The molecule has 1 fully saturated rings. The number of hydroxylamine groups is 2. The van der Waals surface area contributed by atoms with Gasteiger partial charge in [0.1, 0.15) is 6.10 Å². The normalized spacial score (nSPS) is 18.3. The first-order chi connectivity index (χ1) is 11.6. The lowest BCUT2D eigenvalue weighted by Gasteiger charge is -2.22. The summed E-state index contributed by atoms with van der Waals surface area (Å²) in [5.41, 5.74) is 1.02. The van der Waals surface area contributed by atoms with Crippen molar-refractivity contribution in [1.29, 1.82) is 0 Å². The Hall–Kier alpha value is -2.94. The number of hydrogen-bond acceptors (Lipinski definition) is 5. The molecule has 3 rings (SSSR count). The van der Waals surface area contributed by atoms with Gasteiger partial charge in [0, 0.05) is 13.1 Å². The van der Waals surface area contributed by atoms with Crippen LogP contribution in [0.2, 0.25) is 0 Å². The molecule has 0 unspecified atom stereocenters. The Labute approximate surface area is 138 Å². The van der Waals surface area contributed by atoms with Crippen molar-refractivity contribution in [3.05, 3.63) is 42.2 Å². The fraction of sp³-hybridized carbons (Fsp3) is 0.333. The van der Waals surface area contributed by atoms with Crippen LogP contribution >= 0.6 is 0 Å². The van der Waals surface area contributed by atoms with E-state index in [1.54, 1.807) is 36.1 Å². The van der Waals surface area contributed by atoms with Crippen molar-refractivity contribution < 1.29 is 19.5 Å². The highest BCUT2D eigenvalue weighted by atomic mass is 16.7. The summed E-state index contributed by atoms with van der Waals surface area (Å²) >= 11 is 0. The predicted octanol–water partition coefficient (Wildman–Crippen LogP) is 1.02. The number of para-hydroxylation sites is 1. The van der Waals surface area contributed by atoms with E-state index in [2.05, 4.69) is 10.2 Å². The number of carbonyl (C=O) groups excluding carboxylic acids is 1. The quantitative estimate of drug-likeness (QED) is 0.882. The number of aromatic nitrogens is 3. The Bertz CT molecular complexity index is 733. The van der Waals surface area contributed by atoms with Crippen LogP contribution in [0.25, 0.3) is 5.69 Å². The van der Waals surface area contributed by atoms with Gasteiger partial charge in [-0.15, -0.1) is 0 Å². The zero-order chi connectivity index (χ0) is 17.1. The van der Waals surface area contributed by atoms with E-state index in [0.29, 0.717) is 17.8 Å². The SMILES string of the molecule is C[C@H]1CN(C(=O)c2ccccc2-n2nccn2)CCN(C(=O)O)O1. The molecule has 0 aliphatic carbocycles. The molecule has 1 saturated heterocycles. The molecule has 2 aromatic rings. The molecule has 2 amide bonds. The summed E-state index contributed by atoms with van der Waals surface area (Å²) in [5, 5.41) is 18.1. The summed E-state index contributed by atoms with van der Waals surface area (Å²) < 4.78 is 0. The van der Waals surface area contributed by atoms with Gasteiger partial charge in [-0.05, 0) is 19.1 Å². The lowest BCUT2D eigenvalue weighted by atomic mass is 10.1. The lowest BCUT2D eigenvalue weighted by Crippen LogP contribution is -2.37. The van der Waals surface area contributed by atoms with Crippen LogP contribution in [0.1, 0.15) is 17.3 Å². The smallest absolute Gasteiger partial charge is 0.431 e. The van der Waals surface area contributed by atoms with Gasteiger partial charge in [0.2, 0.25) is 0 Å². The molecule has 126 valence electrons. The Morgan fingerprint density at radius 3 is 2.62 bits per heavy atom. The van der Waals surface area contributed by atoms with E-state index in [0.717, 1.165) is 5.06 Å². The molecule has 0 saturated carbocycles. The molecule has 1 aliphatic heterocycles. The van der Waals surface area contributed by atoms with E-state index in [9.17, 15) is 9.59 Å². The Morgan fingerprint density at radius 2 is 1.92 bits per heavy atom. The summed E-state index contributed by atoms with van der Waals surface area (Å²) in [6.45, 7) is 2.36. The second-order valence-electron chi connectivity index (χ2n) is 5.39. The average Bonchev–Trinajstić information content (AvgIpc) is 3.03. The van der Waals surface area contributed by atoms with Gasteiger partial charge in [0.25, 0.3) is 5.91 Å². The lowest BCUT2D eigenvalue weighted by molar-refractivity contribution is -0.153. The van der Waals surface area contributed by atoms with Crippen LogP contribution in [0.3, 0.4) is 0 Å². The largest absolute Gasteiger partial charge is 0.463 e. The van der Waals surface area contributed by atoms with Gasteiger partial charge < -0.3 is 10.0 Å². The molecular weight excluding hydrogens is 314 g/mol. The monoisotopic (exact) mass is 331 g/mol. The maximum Gasteiger partial charge on any atom is 0.431 e. The van der Waals surface area contributed by atoms with Gasteiger partial charge in [0.05, 0.1) is 30.2 Å². The van der Waals surface area contributed by atoms with Gasteiger partial charge in [-0.1, -0.05) is 12.1 Å². The third kappa shape index (κ3) is 3.20. The number of hydrogen-bond donors (Lipinski definition) is 1. The van der Waals surface area contributed by atoms with Crippen molar-refractivity contribution in [3.8, 4) is 5.69 Å². The zero-order valence-corrected chi connectivity index (χ0v) is 13.1. The molecule has 0 radical (unpaired) electrons. The molecule has 0 spiro atoms. The highest BCUT2D eigenvalue weighted by Gasteiger charge is 2.28.